The van der Waals surface area contributed by atoms with Gasteiger partial charge in [-0.05, 0) is 37.9 Å². The maximum absolute atomic E-state index is 9.18. The molecule has 0 heterocycles. The van der Waals surface area contributed by atoms with E-state index >= 15 is 0 Å². The van der Waals surface area contributed by atoms with E-state index in [0.29, 0.717) is 12.1 Å². The van der Waals surface area contributed by atoms with Gasteiger partial charge in [0, 0.05) is 17.3 Å². The van der Waals surface area contributed by atoms with Crippen molar-refractivity contribution in [2.45, 2.75) is 69.2 Å². The van der Waals surface area contributed by atoms with Crippen molar-refractivity contribution in [3.63, 3.8) is 0 Å². The predicted molar refractivity (Wildman–Crippen MR) is 74.1 cm³/mol. The van der Waals surface area contributed by atoms with Gasteiger partial charge < -0.3 is 5.32 Å². The van der Waals surface area contributed by atoms with Crippen LogP contribution in [0, 0.1) is 17.2 Å². The van der Waals surface area contributed by atoms with E-state index in [1.165, 1.54) is 44.3 Å². The summed E-state index contributed by atoms with van der Waals surface area (Å²) in [7, 11) is 0. The number of hydrogen-bond acceptors (Lipinski definition) is 3. The van der Waals surface area contributed by atoms with E-state index in [1.54, 1.807) is 0 Å². The minimum atomic E-state index is 0.265. The molecular weight excluding hydrogens is 228 g/mol. The van der Waals surface area contributed by atoms with Crippen LogP contribution in [0.15, 0.2) is 0 Å². The third-order valence-electron chi connectivity index (χ3n) is 4.17. The quantitative estimate of drug-likeness (QED) is 0.833. The fraction of sp³-hybridized carbons (Fsp3) is 0.929. The van der Waals surface area contributed by atoms with E-state index < -0.39 is 0 Å². The Morgan fingerprint density at radius 1 is 1.24 bits per heavy atom. The molecule has 0 radical (unpaired) electrons. The maximum Gasteiger partial charge on any atom is 0.0672 e. The summed E-state index contributed by atoms with van der Waals surface area (Å²) in [4.78, 5) is 0. The minimum absolute atomic E-state index is 0.265. The van der Waals surface area contributed by atoms with Crippen LogP contribution in [-0.4, -0.2) is 23.1 Å². The highest BCUT2D eigenvalue weighted by atomic mass is 32.2. The molecule has 3 heteroatoms. The smallest absolute Gasteiger partial charge is 0.0672 e. The van der Waals surface area contributed by atoms with Crippen LogP contribution in [0.5, 0.6) is 0 Å². The molecule has 2 rings (SSSR count). The summed E-state index contributed by atoms with van der Waals surface area (Å²) in [5.41, 5.74) is 0. The minimum Gasteiger partial charge on any atom is -0.310 e. The number of hydrogen-bond donors (Lipinski definition) is 1. The lowest BCUT2D eigenvalue weighted by molar-refractivity contribution is 0.286. The van der Waals surface area contributed by atoms with Crippen LogP contribution in [0.2, 0.25) is 0 Å². The van der Waals surface area contributed by atoms with Gasteiger partial charge in [-0.1, -0.05) is 19.8 Å². The summed E-state index contributed by atoms with van der Waals surface area (Å²) in [5.74, 6) is 1.50. The molecule has 0 bridgehead atoms. The van der Waals surface area contributed by atoms with Crippen LogP contribution in [-0.2, 0) is 0 Å². The highest BCUT2D eigenvalue weighted by Crippen LogP contribution is 2.32. The first-order valence-corrected chi connectivity index (χ1v) is 8.15. The van der Waals surface area contributed by atoms with Crippen molar-refractivity contribution in [2.24, 2.45) is 5.92 Å². The number of nitriles is 1. The molecule has 0 aromatic heterocycles. The lowest BCUT2D eigenvalue weighted by atomic mass is 9.85. The summed E-state index contributed by atoms with van der Waals surface area (Å²) < 4.78 is 0. The molecule has 96 valence electrons. The molecule has 0 spiro atoms. The van der Waals surface area contributed by atoms with Gasteiger partial charge in [-0.2, -0.15) is 17.0 Å². The van der Waals surface area contributed by atoms with Gasteiger partial charge in [0.25, 0.3) is 0 Å². The van der Waals surface area contributed by atoms with E-state index in [0.717, 1.165) is 11.7 Å². The average Bonchev–Trinajstić information content (AvgIpc) is 2.78. The normalized spacial score (nSPS) is 37.9. The van der Waals surface area contributed by atoms with Crippen LogP contribution in [0.25, 0.3) is 0 Å². The second kappa shape index (κ2) is 6.66. The molecule has 4 atom stereocenters. The highest BCUT2D eigenvalue weighted by Gasteiger charge is 2.30. The van der Waals surface area contributed by atoms with Crippen LogP contribution in [0.1, 0.15) is 51.9 Å². The van der Waals surface area contributed by atoms with Crippen molar-refractivity contribution in [1.82, 2.24) is 5.32 Å². The summed E-state index contributed by atoms with van der Waals surface area (Å²) >= 11 is 2.11. The molecule has 0 aromatic rings. The zero-order chi connectivity index (χ0) is 12.1. The maximum atomic E-state index is 9.18. The molecule has 1 N–H and O–H groups in total. The van der Waals surface area contributed by atoms with Crippen molar-refractivity contribution >= 4 is 11.8 Å². The summed E-state index contributed by atoms with van der Waals surface area (Å²) in [6, 6.07) is 3.65. The zero-order valence-electron chi connectivity index (χ0n) is 10.8. The molecule has 0 saturated heterocycles. The van der Waals surface area contributed by atoms with Gasteiger partial charge in [0.05, 0.1) is 12.0 Å². The second-order valence-electron chi connectivity index (χ2n) is 5.38. The molecule has 17 heavy (non-hydrogen) atoms. The van der Waals surface area contributed by atoms with Crippen molar-refractivity contribution in [3.8, 4) is 6.07 Å². The van der Waals surface area contributed by atoms with Crippen LogP contribution >= 0.6 is 11.8 Å². The Hall–Kier alpha value is -0.200. The van der Waals surface area contributed by atoms with Gasteiger partial charge in [-0.25, -0.2) is 0 Å². The van der Waals surface area contributed by atoms with E-state index in [-0.39, 0.29) is 5.92 Å². The Bertz CT molecular complexity index is 274. The molecular formula is C14H24N2S. The Morgan fingerprint density at radius 2 is 2.06 bits per heavy atom. The first-order chi connectivity index (χ1) is 8.33. The van der Waals surface area contributed by atoms with Crippen molar-refractivity contribution in [2.75, 3.05) is 5.75 Å². The third kappa shape index (κ3) is 3.63. The molecule has 2 nitrogen and oxygen atoms in total. The molecule has 0 amide bonds. The van der Waals surface area contributed by atoms with Crippen LogP contribution < -0.4 is 5.32 Å². The largest absolute Gasteiger partial charge is 0.310 e. The van der Waals surface area contributed by atoms with Gasteiger partial charge in [-0.15, -0.1) is 0 Å². The zero-order valence-corrected chi connectivity index (χ0v) is 11.6. The van der Waals surface area contributed by atoms with Crippen molar-refractivity contribution in [3.05, 3.63) is 0 Å². The molecule has 2 fully saturated rings. The monoisotopic (exact) mass is 252 g/mol. The number of nitrogens with one attached hydrogen (secondary N) is 1. The number of thioether (sulfide) groups is 1. The second-order valence-corrected chi connectivity index (χ2v) is 6.96. The molecule has 4 unspecified atom stereocenters. The Labute approximate surface area is 110 Å². The average molecular weight is 252 g/mol. The SMILES string of the molecule is CCSC1CCC(NC2CCCCC2C#N)C1. The van der Waals surface area contributed by atoms with Crippen LogP contribution in [0.4, 0.5) is 0 Å². The Balaban J connectivity index is 1.79. The van der Waals surface area contributed by atoms with Gasteiger partial charge in [-0.3, -0.25) is 0 Å². The molecule has 2 aliphatic carbocycles. The lowest BCUT2D eigenvalue weighted by Crippen LogP contribution is -2.43. The Morgan fingerprint density at radius 3 is 2.82 bits per heavy atom. The number of rotatable bonds is 4. The van der Waals surface area contributed by atoms with E-state index in [4.69, 9.17) is 0 Å². The van der Waals surface area contributed by atoms with Gasteiger partial charge >= 0.3 is 0 Å². The molecule has 2 aliphatic rings. The molecule has 0 aromatic carbocycles. The standard InChI is InChI=1S/C14H24N2S/c1-2-17-13-8-7-12(9-13)16-14-6-4-3-5-11(14)10-15/h11-14,16H,2-9H2,1H3. The molecule has 0 aliphatic heterocycles. The van der Waals surface area contributed by atoms with Crippen LogP contribution in [0.3, 0.4) is 0 Å². The summed E-state index contributed by atoms with van der Waals surface area (Å²) in [5, 5.41) is 13.8. The van der Waals surface area contributed by atoms with Crippen molar-refractivity contribution < 1.29 is 0 Å². The molecule has 2 saturated carbocycles. The fourth-order valence-corrected chi connectivity index (χ4v) is 4.41. The Kier molecular flexibility index (Phi) is 5.18. The predicted octanol–water partition coefficient (Wildman–Crippen LogP) is 3.33. The van der Waals surface area contributed by atoms with E-state index in [2.05, 4.69) is 30.1 Å². The van der Waals surface area contributed by atoms with Crippen molar-refractivity contribution in [1.29, 1.82) is 5.26 Å². The highest BCUT2D eigenvalue weighted by molar-refractivity contribution is 7.99. The fourth-order valence-electron chi connectivity index (χ4n) is 3.27. The first-order valence-electron chi connectivity index (χ1n) is 7.10. The first kappa shape index (κ1) is 13.2. The lowest BCUT2D eigenvalue weighted by Gasteiger charge is -2.30. The number of nitrogens with zero attached hydrogens (tertiary/aromatic N) is 1. The van der Waals surface area contributed by atoms with E-state index in [1.807, 2.05) is 0 Å². The van der Waals surface area contributed by atoms with E-state index in [9.17, 15) is 5.26 Å². The summed E-state index contributed by atoms with van der Waals surface area (Å²) in [6.45, 7) is 2.25. The summed E-state index contributed by atoms with van der Waals surface area (Å²) in [6.07, 6.45) is 8.85. The van der Waals surface area contributed by atoms with Gasteiger partial charge in [0.15, 0.2) is 0 Å². The topological polar surface area (TPSA) is 35.8 Å². The third-order valence-corrected chi connectivity index (χ3v) is 5.40. The van der Waals surface area contributed by atoms with Gasteiger partial charge in [0.1, 0.15) is 0 Å². The van der Waals surface area contributed by atoms with Gasteiger partial charge in [0.2, 0.25) is 0 Å².